The maximum atomic E-state index is 14.2. The molecule has 0 radical (unpaired) electrons. The number of nitrogens with zero attached hydrogens (tertiary/aromatic N) is 3. The molecule has 0 spiro atoms. The molecular weight excluding hydrogens is 441 g/mol. The summed E-state index contributed by atoms with van der Waals surface area (Å²) in [6, 6.07) is 17.1. The van der Waals surface area contributed by atoms with E-state index in [-0.39, 0.29) is 16.9 Å². The summed E-state index contributed by atoms with van der Waals surface area (Å²) < 4.78 is 15.8. The maximum absolute atomic E-state index is 14.2. The first-order chi connectivity index (χ1) is 16.4. The van der Waals surface area contributed by atoms with Crippen LogP contribution >= 0.6 is 0 Å². The third-order valence-electron chi connectivity index (χ3n) is 4.93. The summed E-state index contributed by atoms with van der Waals surface area (Å²) in [4.78, 5) is 36.5. The average Bonchev–Trinajstić information content (AvgIpc) is 3.35. The molecule has 34 heavy (non-hydrogen) atoms. The molecule has 0 atom stereocenters. The summed E-state index contributed by atoms with van der Waals surface area (Å²) in [7, 11) is 0. The van der Waals surface area contributed by atoms with Crippen LogP contribution < -0.4 is 10.6 Å². The maximum Gasteiger partial charge on any atom is 0.409 e. The Morgan fingerprint density at radius 2 is 1.65 bits per heavy atom. The highest BCUT2D eigenvalue weighted by atomic mass is 19.1. The van der Waals surface area contributed by atoms with Crippen LogP contribution in [0.25, 0.3) is 16.8 Å². The van der Waals surface area contributed by atoms with Gasteiger partial charge in [0.25, 0.3) is 0 Å². The quantitative estimate of drug-likeness (QED) is 0.278. The fraction of sp³-hybridized carbons (Fsp3) is 0.0417. The van der Waals surface area contributed by atoms with Gasteiger partial charge in [0.15, 0.2) is 5.78 Å². The van der Waals surface area contributed by atoms with Crippen LogP contribution in [0.2, 0.25) is 0 Å². The van der Waals surface area contributed by atoms with E-state index in [2.05, 4.69) is 20.8 Å². The molecule has 3 aromatic carbocycles. The zero-order valence-electron chi connectivity index (χ0n) is 17.6. The number of carboxylic acid groups (broad SMARTS) is 1. The second kappa shape index (κ2) is 9.74. The molecule has 2 amide bonds. The Kier molecular flexibility index (Phi) is 6.40. The van der Waals surface area contributed by atoms with Crippen LogP contribution in [-0.4, -0.2) is 37.7 Å². The van der Waals surface area contributed by atoms with Gasteiger partial charge in [-0.25, -0.2) is 9.18 Å². The lowest BCUT2D eigenvalue weighted by Crippen LogP contribution is -2.18. The zero-order valence-corrected chi connectivity index (χ0v) is 17.6. The molecule has 4 rings (SSSR count). The first-order valence-corrected chi connectivity index (χ1v) is 10.1. The number of nitrogens with one attached hydrogen (secondary N) is 2. The van der Waals surface area contributed by atoms with Gasteiger partial charge in [-0.3, -0.25) is 19.5 Å². The SMILES string of the molecule is O=C(O)Nc1ccc(-c2ccccc2F)cc1NC(=O)CC(=O)c1cccc(-n2cnnc2)c1. The fourth-order valence-corrected chi connectivity index (χ4v) is 3.35. The van der Waals surface area contributed by atoms with E-state index in [0.717, 1.165) is 0 Å². The van der Waals surface area contributed by atoms with E-state index in [4.69, 9.17) is 5.11 Å². The van der Waals surface area contributed by atoms with Crippen molar-refractivity contribution in [1.82, 2.24) is 14.8 Å². The first kappa shape index (κ1) is 22.3. The largest absolute Gasteiger partial charge is 0.465 e. The van der Waals surface area contributed by atoms with E-state index in [1.807, 2.05) is 0 Å². The molecular formula is C24H18FN5O4. The first-order valence-electron chi connectivity index (χ1n) is 10.1. The molecule has 170 valence electrons. The van der Waals surface area contributed by atoms with Crippen molar-refractivity contribution in [2.45, 2.75) is 6.42 Å². The number of anilines is 2. The Bertz CT molecular complexity index is 1370. The smallest absolute Gasteiger partial charge is 0.409 e. The number of benzene rings is 3. The number of carbonyl (C=O) groups is 3. The Morgan fingerprint density at radius 3 is 2.38 bits per heavy atom. The highest BCUT2D eigenvalue weighted by molar-refractivity contribution is 6.12. The summed E-state index contributed by atoms with van der Waals surface area (Å²) in [5.74, 6) is -1.56. The second-order valence-electron chi connectivity index (χ2n) is 7.24. The van der Waals surface area contributed by atoms with Gasteiger partial charge in [-0.1, -0.05) is 36.4 Å². The normalized spacial score (nSPS) is 10.5. The molecule has 9 nitrogen and oxygen atoms in total. The summed E-state index contributed by atoms with van der Waals surface area (Å²) >= 11 is 0. The van der Waals surface area contributed by atoms with Crippen molar-refractivity contribution in [1.29, 1.82) is 0 Å². The lowest BCUT2D eigenvalue weighted by molar-refractivity contribution is -0.115. The van der Waals surface area contributed by atoms with E-state index in [1.54, 1.807) is 47.0 Å². The van der Waals surface area contributed by atoms with Gasteiger partial charge >= 0.3 is 6.09 Å². The number of hydrogen-bond acceptors (Lipinski definition) is 5. The molecule has 1 aromatic heterocycles. The zero-order chi connectivity index (χ0) is 24.1. The van der Waals surface area contributed by atoms with Crippen molar-refractivity contribution in [2.24, 2.45) is 0 Å². The molecule has 0 aliphatic heterocycles. The van der Waals surface area contributed by atoms with Crippen molar-refractivity contribution in [3.05, 3.63) is 90.8 Å². The van der Waals surface area contributed by atoms with Gasteiger partial charge in [0.05, 0.1) is 17.8 Å². The van der Waals surface area contributed by atoms with Crippen LogP contribution in [0.4, 0.5) is 20.6 Å². The monoisotopic (exact) mass is 459 g/mol. The third-order valence-corrected chi connectivity index (χ3v) is 4.93. The van der Waals surface area contributed by atoms with Crippen molar-refractivity contribution in [3.8, 4) is 16.8 Å². The molecule has 3 N–H and O–H groups in total. The highest BCUT2D eigenvalue weighted by Gasteiger charge is 2.16. The molecule has 0 aliphatic carbocycles. The number of amides is 2. The van der Waals surface area contributed by atoms with Gasteiger partial charge in [-0.05, 0) is 35.9 Å². The van der Waals surface area contributed by atoms with Crippen molar-refractivity contribution in [3.63, 3.8) is 0 Å². The molecule has 0 saturated carbocycles. The minimum absolute atomic E-state index is 0.0861. The molecule has 0 unspecified atom stereocenters. The van der Waals surface area contributed by atoms with Crippen LogP contribution in [-0.2, 0) is 4.79 Å². The predicted molar refractivity (Wildman–Crippen MR) is 122 cm³/mol. The van der Waals surface area contributed by atoms with E-state index >= 15 is 0 Å². The molecule has 0 saturated heterocycles. The van der Waals surface area contributed by atoms with Gasteiger partial charge in [0.2, 0.25) is 5.91 Å². The Hall–Kier alpha value is -4.86. The van der Waals surface area contributed by atoms with Gasteiger partial charge in [0.1, 0.15) is 18.5 Å². The standard InChI is InChI=1S/C24H18FN5O4/c25-19-7-2-1-6-18(19)15-8-9-20(29-24(33)34)21(11-15)28-23(32)12-22(31)16-4-3-5-17(10-16)30-13-26-27-14-30/h1-11,13-14,29H,12H2,(H,28,32)(H,33,34). The van der Waals surface area contributed by atoms with E-state index in [1.165, 1.54) is 36.9 Å². The van der Waals surface area contributed by atoms with Crippen molar-refractivity contribution in [2.75, 3.05) is 10.6 Å². The number of rotatable bonds is 7. The number of carbonyl (C=O) groups excluding carboxylic acids is 2. The van der Waals surface area contributed by atoms with E-state index in [9.17, 15) is 18.8 Å². The number of ketones is 1. The van der Waals surface area contributed by atoms with E-state index < -0.39 is 30.0 Å². The summed E-state index contributed by atoms with van der Waals surface area (Å²) in [6.07, 6.45) is 1.14. The van der Waals surface area contributed by atoms with Gasteiger partial charge in [-0.2, -0.15) is 0 Å². The summed E-state index contributed by atoms with van der Waals surface area (Å²) in [5.41, 5.74) is 1.85. The Morgan fingerprint density at radius 1 is 0.882 bits per heavy atom. The van der Waals surface area contributed by atoms with Crippen LogP contribution in [0.15, 0.2) is 79.4 Å². The van der Waals surface area contributed by atoms with Crippen LogP contribution in [0.1, 0.15) is 16.8 Å². The lowest BCUT2D eigenvalue weighted by Gasteiger charge is -2.13. The Balaban J connectivity index is 1.55. The predicted octanol–water partition coefficient (Wildman–Crippen LogP) is 4.37. The highest BCUT2D eigenvalue weighted by Crippen LogP contribution is 2.31. The van der Waals surface area contributed by atoms with Crippen LogP contribution in [0, 0.1) is 5.82 Å². The average molecular weight is 459 g/mol. The van der Waals surface area contributed by atoms with Crippen molar-refractivity contribution < 1.29 is 23.9 Å². The molecule has 4 aromatic rings. The summed E-state index contributed by atoms with van der Waals surface area (Å²) in [5, 5.41) is 21.3. The van der Waals surface area contributed by atoms with Gasteiger partial charge in [0, 0.05) is 16.8 Å². The fourth-order valence-electron chi connectivity index (χ4n) is 3.35. The molecule has 1 heterocycles. The topological polar surface area (TPSA) is 126 Å². The van der Waals surface area contributed by atoms with E-state index in [0.29, 0.717) is 16.8 Å². The molecule has 0 aliphatic rings. The van der Waals surface area contributed by atoms with Gasteiger partial charge < -0.3 is 10.4 Å². The number of Topliss-reactive ketones (excluding diaryl/α,β-unsaturated/α-hetero) is 1. The number of hydrogen-bond donors (Lipinski definition) is 3. The number of aromatic nitrogens is 3. The summed E-state index contributed by atoms with van der Waals surface area (Å²) in [6.45, 7) is 0. The van der Waals surface area contributed by atoms with Gasteiger partial charge in [-0.15, -0.1) is 10.2 Å². The third kappa shape index (κ3) is 5.13. The van der Waals surface area contributed by atoms with Crippen LogP contribution in [0.3, 0.4) is 0 Å². The lowest BCUT2D eigenvalue weighted by atomic mass is 10.0. The molecule has 10 heteroatoms. The second-order valence-corrected chi connectivity index (χ2v) is 7.24. The Labute approximate surface area is 192 Å². The number of halogens is 1. The molecule has 0 bridgehead atoms. The minimum Gasteiger partial charge on any atom is -0.465 e. The van der Waals surface area contributed by atoms with Crippen molar-refractivity contribution >= 4 is 29.2 Å². The van der Waals surface area contributed by atoms with Crippen LogP contribution in [0.5, 0.6) is 0 Å². The molecule has 0 fully saturated rings. The minimum atomic E-state index is -1.34.